The Balaban J connectivity index is 2.08. The first-order chi connectivity index (χ1) is 4.77. The molecule has 1 amide bonds. The van der Waals surface area contributed by atoms with Gasteiger partial charge in [0.1, 0.15) is 0 Å². The third-order valence-electron chi connectivity index (χ3n) is 3.10. The Morgan fingerprint density at radius 1 is 1.30 bits per heavy atom. The molecule has 0 aromatic carbocycles. The minimum absolute atomic E-state index is 0.0628. The Bertz CT molecular complexity index is 167. The van der Waals surface area contributed by atoms with Crippen molar-refractivity contribution >= 4 is 5.91 Å². The Hall–Kier alpha value is -0.530. The largest absolute Gasteiger partial charge is 0.369 e. The molecule has 2 rings (SSSR count). The number of primary amides is 1. The number of hydrogen-bond donors (Lipinski definition) is 1. The summed E-state index contributed by atoms with van der Waals surface area (Å²) in [5, 5.41) is 0. The van der Waals surface area contributed by atoms with Crippen molar-refractivity contribution < 1.29 is 4.79 Å². The maximum Gasteiger partial charge on any atom is 0.220 e. The Kier molecular flexibility index (Phi) is 1.22. The molecule has 0 radical (unpaired) electrons. The van der Waals surface area contributed by atoms with Gasteiger partial charge in [0.25, 0.3) is 0 Å². The van der Waals surface area contributed by atoms with E-state index in [1.807, 2.05) is 0 Å². The van der Waals surface area contributed by atoms with Crippen LogP contribution in [-0.2, 0) is 4.79 Å². The standard InChI is InChI=1S/C8H13NO/c9-8(10)7-4-5-1-2-6(7)3-5/h5-7H,1-4H2,(H2,9,10)/t5-,6+,7+/m0/s1. The van der Waals surface area contributed by atoms with Crippen LogP contribution < -0.4 is 5.73 Å². The van der Waals surface area contributed by atoms with E-state index >= 15 is 0 Å². The van der Waals surface area contributed by atoms with Crippen LogP contribution in [0, 0.1) is 17.8 Å². The molecule has 0 saturated heterocycles. The normalized spacial score (nSPS) is 44.2. The summed E-state index contributed by atoms with van der Waals surface area (Å²) in [6, 6.07) is 0. The number of fused-ring (bicyclic) bond motifs is 2. The zero-order valence-electron chi connectivity index (χ0n) is 6.05. The predicted octanol–water partition coefficient (Wildman–Crippen LogP) is 0.908. The van der Waals surface area contributed by atoms with Gasteiger partial charge in [-0.3, -0.25) is 4.79 Å². The topological polar surface area (TPSA) is 43.1 Å². The van der Waals surface area contributed by atoms with Crippen LogP contribution in [0.3, 0.4) is 0 Å². The number of rotatable bonds is 1. The third-order valence-corrected chi connectivity index (χ3v) is 3.10. The lowest BCUT2D eigenvalue weighted by atomic mass is 9.88. The van der Waals surface area contributed by atoms with Crippen LogP contribution in [-0.4, -0.2) is 5.91 Å². The van der Waals surface area contributed by atoms with Gasteiger partial charge in [-0.2, -0.15) is 0 Å². The Labute approximate surface area is 60.8 Å². The maximum atomic E-state index is 10.8. The van der Waals surface area contributed by atoms with Crippen LogP contribution in [0.25, 0.3) is 0 Å². The second-order valence-electron chi connectivity index (χ2n) is 3.68. The molecule has 2 aliphatic rings. The lowest BCUT2D eigenvalue weighted by Crippen LogP contribution is -2.27. The van der Waals surface area contributed by atoms with Crippen molar-refractivity contribution in [1.29, 1.82) is 0 Å². The van der Waals surface area contributed by atoms with Gasteiger partial charge in [-0.1, -0.05) is 6.42 Å². The molecule has 3 atom stereocenters. The van der Waals surface area contributed by atoms with Crippen molar-refractivity contribution in [3.05, 3.63) is 0 Å². The van der Waals surface area contributed by atoms with E-state index in [-0.39, 0.29) is 11.8 Å². The molecular weight excluding hydrogens is 126 g/mol. The zero-order valence-corrected chi connectivity index (χ0v) is 6.05. The zero-order chi connectivity index (χ0) is 7.14. The minimum Gasteiger partial charge on any atom is -0.369 e. The average molecular weight is 139 g/mol. The van der Waals surface area contributed by atoms with E-state index < -0.39 is 0 Å². The second-order valence-corrected chi connectivity index (χ2v) is 3.68. The fourth-order valence-electron chi connectivity index (χ4n) is 2.59. The number of hydrogen-bond acceptors (Lipinski definition) is 1. The average Bonchev–Trinajstić information content (AvgIpc) is 2.44. The summed E-state index contributed by atoms with van der Waals surface area (Å²) in [5.41, 5.74) is 5.25. The summed E-state index contributed by atoms with van der Waals surface area (Å²) < 4.78 is 0. The van der Waals surface area contributed by atoms with E-state index in [0.717, 1.165) is 12.3 Å². The summed E-state index contributed by atoms with van der Waals surface area (Å²) in [7, 11) is 0. The summed E-state index contributed by atoms with van der Waals surface area (Å²) in [5.74, 6) is 1.66. The van der Waals surface area contributed by atoms with Gasteiger partial charge in [0, 0.05) is 5.92 Å². The lowest BCUT2D eigenvalue weighted by Gasteiger charge is -2.17. The molecule has 2 N–H and O–H groups in total. The number of carbonyl (C=O) groups is 1. The molecular formula is C8H13NO. The van der Waals surface area contributed by atoms with Gasteiger partial charge in [-0.25, -0.2) is 0 Å². The predicted molar refractivity (Wildman–Crippen MR) is 38.1 cm³/mol. The minimum atomic E-state index is -0.0628. The van der Waals surface area contributed by atoms with Crippen LogP contribution in [0.5, 0.6) is 0 Å². The molecule has 0 spiro atoms. The molecule has 2 nitrogen and oxygen atoms in total. The summed E-state index contributed by atoms with van der Waals surface area (Å²) in [6.07, 6.45) is 4.94. The van der Waals surface area contributed by atoms with Crippen LogP contribution in [0.2, 0.25) is 0 Å². The van der Waals surface area contributed by atoms with Crippen LogP contribution in [0.1, 0.15) is 25.7 Å². The summed E-state index contributed by atoms with van der Waals surface area (Å²) in [4.78, 5) is 10.8. The van der Waals surface area contributed by atoms with E-state index in [1.165, 1.54) is 19.3 Å². The van der Waals surface area contributed by atoms with Crippen LogP contribution >= 0.6 is 0 Å². The molecule has 0 heterocycles. The van der Waals surface area contributed by atoms with Gasteiger partial charge < -0.3 is 5.73 Å². The first-order valence-corrected chi connectivity index (χ1v) is 4.06. The highest BCUT2D eigenvalue weighted by Crippen LogP contribution is 2.47. The van der Waals surface area contributed by atoms with E-state index in [9.17, 15) is 4.79 Å². The van der Waals surface area contributed by atoms with Crippen molar-refractivity contribution in [2.24, 2.45) is 23.5 Å². The molecule has 2 heteroatoms. The van der Waals surface area contributed by atoms with E-state index in [2.05, 4.69) is 0 Å². The van der Waals surface area contributed by atoms with Gasteiger partial charge in [0.15, 0.2) is 0 Å². The van der Waals surface area contributed by atoms with Crippen molar-refractivity contribution in [3.63, 3.8) is 0 Å². The van der Waals surface area contributed by atoms with Crippen molar-refractivity contribution in [1.82, 2.24) is 0 Å². The quantitative estimate of drug-likeness (QED) is 0.576. The highest BCUT2D eigenvalue weighted by molar-refractivity contribution is 5.77. The van der Waals surface area contributed by atoms with Crippen LogP contribution in [0.15, 0.2) is 0 Å². The monoisotopic (exact) mass is 139 g/mol. The molecule has 0 aliphatic heterocycles. The van der Waals surface area contributed by atoms with Gasteiger partial charge in [-0.05, 0) is 31.1 Å². The molecule has 2 aliphatic carbocycles. The molecule has 0 aromatic heterocycles. The molecule has 2 bridgehead atoms. The first-order valence-electron chi connectivity index (χ1n) is 4.06. The molecule has 10 heavy (non-hydrogen) atoms. The Morgan fingerprint density at radius 2 is 2.10 bits per heavy atom. The Morgan fingerprint density at radius 3 is 2.40 bits per heavy atom. The summed E-state index contributed by atoms with van der Waals surface area (Å²) in [6.45, 7) is 0. The van der Waals surface area contributed by atoms with Crippen LogP contribution in [0.4, 0.5) is 0 Å². The van der Waals surface area contributed by atoms with Gasteiger partial charge in [-0.15, -0.1) is 0 Å². The summed E-state index contributed by atoms with van der Waals surface area (Å²) >= 11 is 0. The fraction of sp³-hybridized carbons (Fsp3) is 0.875. The van der Waals surface area contributed by atoms with Gasteiger partial charge in [0.05, 0.1) is 0 Å². The van der Waals surface area contributed by atoms with Gasteiger partial charge >= 0.3 is 0 Å². The van der Waals surface area contributed by atoms with Crippen molar-refractivity contribution in [2.45, 2.75) is 25.7 Å². The van der Waals surface area contributed by atoms with E-state index in [1.54, 1.807) is 0 Å². The number of amides is 1. The third kappa shape index (κ3) is 0.746. The second kappa shape index (κ2) is 1.97. The van der Waals surface area contributed by atoms with E-state index in [4.69, 9.17) is 5.73 Å². The molecule has 2 fully saturated rings. The smallest absolute Gasteiger partial charge is 0.220 e. The van der Waals surface area contributed by atoms with Gasteiger partial charge in [0.2, 0.25) is 5.91 Å². The fourth-order valence-corrected chi connectivity index (χ4v) is 2.59. The van der Waals surface area contributed by atoms with Crippen molar-refractivity contribution in [3.8, 4) is 0 Å². The maximum absolute atomic E-state index is 10.8. The number of nitrogens with two attached hydrogens (primary N) is 1. The molecule has 0 unspecified atom stereocenters. The molecule has 56 valence electrons. The number of carbonyl (C=O) groups excluding carboxylic acids is 1. The highest BCUT2D eigenvalue weighted by atomic mass is 16.1. The van der Waals surface area contributed by atoms with E-state index in [0.29, 0.717) is 5.92 Å². The SMILES string of the molecule is NC(=O)[C@@H]1C[C@H]2CC[C@@H]1C2. The molecule has 0 aromatic rings. The first kappa shape index (κ1) is 6.20. The lowest BCUT2D eigenvalue weighted by molar-refractivity contribution is -0.123. The highest BCUT2D eigenvalue weighted by Gasteiger charge is 2.41. The molecule has 2 saturated carbocycles. The van der Waals surface area contributed by atoms with Crippen molar-refractivity contribution in [2.75, 3.05) is 0 Å².